The summed E-state index contributed by atoms with van der Waals surface area (Å²) in [6, 6.07) is 0. The molecule has 0 aromatic heterocycles. The number of aliphatic hydroxyl groups excluding tert-OH is 1. The van der Waals surface area contributed by atoms with E-state index in [0.29, 0.717) is 0 Å². The van der Waals surface area contributed by atoms with Gasteiger partial charge in [0.25, 0.3) is 0 Å². The molecule has 3 rings (SSSR count). The zero-order valence-corrected chi connectivity index (χ0v) is 9.80. The fourth-order valence-corrected chi connectivity index (χ4v) is 2.93. The van der Waals surface area contributed by atoms with Crippen LogP contribution in [0.25, 0.3) is 0 Å². The minimum Gasteiger partial charge on any atom is -0.390 e. The quantitative estimate of drug-likeness (QED) is 0.706. The molecule has 1 unspecified atom stereocenters. The lowest BCUT2D eigenvalue weighted by molar-refractivity contribution is -0.289. The maximum Gasteiger partial charge on any atom is 0.187 e. The predicted octanol–water partition coefficient (Wildman–Crippen LogP) is 0.403. The van der Waals surface area contributed by atoms with Crippen LogP contribution >= 0.6 is 0 Å². The molecule has 16 heavy (non-hydrogen) atoms. The van der Waals surface area contributed by atoms with Crippen LogP contribution in [-0.2, 0) is 18.9 Å². The maximum atomic E-state index is 9.91. The number of methoxy groups -OCH3 is 1. The van der Waals surface area contributed by atoms with Gasteiger partial charge in [0.15, 0.2) is 12.1 Å². The van der Waals surface area contributed by atoms with E-state index >= 15 is 0 Å². The summed E-state index contributed by atoms with van der Waals surface area (Å²) in [6.07, 6.45) is 0.170. The van der Waals surface area contributed by atoms with Crippen molar-refractivity contribution in [1.82, 2.24) is 0 Å². The van der Waals surface area contributed by atoms with Gasteiger partial charge in [0, 0.05) is 7.11 Å². The van der Waals surface area contributed by atoms with E-state index in [4.69, 9.17) is 18.9 Å². The van der Waals surface area contributed by atoms with Gasteiger partial charge in [-0.25, -0.2) is 0 Å². The summed E-state index contributed by atoms with van der Waals surface area (Å²) in [5, 5.41) is 9.91. The smallest absolute Gasteiger partial charge is 0.187 e. The van der Waals surface area contributed by atoms with Crippen molar-refractivity contribution in [2.75, 3.05) is 7.11 Å². The Labute approximate surface area is 94.6 Å². The largest absolute Gasteiger partial charge is 0.390 e. The lowest BCUT2D eigenvalue weighted by atomic mass is 9.73. The summed E-state index contributed by atoms with van der Waals surface area (Å²) < 4.78 is 22.7. The fourth-order valence-electron chi connectivity index (χ4n) is 2.93. The molecule has 0 bridgehead atoms. The van der Waals surface area contributed by atoms with Crippen molar-refractivity contribution in [3.8, 4) is 0 Å². The summed E-state index contributed by atoms with van der Waals surface area (Å²) in [4.78, 5) is 0. The van der Waals surface area contributed by atoms with Gasteiger partial charge in [0.1, 0.15) is 17.8 Å². The Bertz CT molecular complexity index is 305. The van der Waals surface area contributed by atoms with Gasteiger partial charge >= 0.3 is 0 Å². The molecule has 0 aromatic rings. The minimum atomic E-state index is -0.627. The van der Waals surface area contributed by atoms with E-state index in [-0.39, 0.29) is 12.2 Å². The molecular formula is C11H18O5. The zero-order chi connectivity index (χ0) is 11.6. The van der Waals surface area contributed by atoms with Crippen molar-refractivity contribution in [3.05, 3.63) is 0 Å². The summed E-state index contributed by atoms with van der Waals surface area (Å²) in [6.45, 7) is 3.74. The molecule has 5 atom stereocenters. The van der Waals surface area contributed by atoms with E-state index in [2.05, 4.69) is 0 Å². The first-order chi connectivity index (χ1) is 7.48. The molecule has 5 heteroatoms. The molecule has 0 amide bonds. The molecule has 1 N–H and O–H groups in total. The SMILES string of the molecule is CO[C@@H]1O[C@@]2(CC[C@H]2O)C2OC(C)(C)O[C@@H]21. The van der Waals surface area contributed by atoms with E-state index in [0.717, 1.165) is 12.8 Å². The number of aliphatic hydroxyl groups is 1. The van der Waals surface area contributed by atoms with Gasteiger partial charge in [-0.1, -0.05) is 0 Å². The summed E-state index contributed by atoms with van der Waals surface area (Å²) in [5.74, 6) is -0.627. The lowest BCUT2D eigenvalue weighted by Gasteiger charge is -2.45. The Balaban J connectivity index is 1.89. The van der Waals surface area contributed by atoms with Crippen LogP contribution in [0.3, 0.4) is 0 Å². The van der Waals surface area contributed by atoms with Crippen molar-refractivity contribution >= 4 is 0 Å². The topological polar surface area (TPSA) is 57.2 Å². The van der Waals surface area contributed by atoms with E-state index in [1.807, 2.05) is 13.8 Å². The second-order valence-electron chi connectivity index (χ2n) is 5.25. The van der Waals surface area contributed by atoms with E-state index in [1.165, 1.54) is 0 Å². The van der Waals surface area contributed by atoms with Crippen LogP contribution < -0.4 is 0 Å². The Morgan fingerprint density at radius 1 is 1.25 bits per heavy atom. The Morgan fingerprint density at radius 3 is 2.50 bits per heavy atom. The molecular weight excluding hydrogens is 212 g/mol. The third-order valence-electron chi connectivity index (χ3n) is 3.82. The highest BCUT2D eigenvalue weighted by Gasteiger charge is 2.68. The van der Waals surface area contributed by atoms with Crippen LogP contribution in [0.1, 0.15) is 26.7 Å². The first kappa shape index (κ1) is 10.9. The van der Waals surface area contributed by atoms with E-state index in [1.54, 1.807) is 7.11 Å². The number of fused-ring (bicyclic) bond motifs is 2. The van der Waals surface area contributed by atoms with Crippen molar-refractivity contribution in [2.24, 2.45) is 0 Å². The van der Waals surface area contributed by atoms with Gasteiger partial charge in [-0.15, -0.1) is 0 Å². The van der Waals surface area contributed by atoms with E-state index in [9.17, 15) is 5.11 Å². The minimum absolute atomic E-state index is 0.226. The summed E-state index contributed by atoms with van der Waals surface area (Å²) >= 11 is 0. The molecule has 1 spiro atoms. The molecule has 0 aromatic carbocycles. The van der Waals surface area contributed by atoms with Crippen LogP contribution in [0.4, 0.5) is 0 Å². The highest BCUT2D eigenvalue weighted by molar-refractivity contribution is 5.13. The van der Waals surface area contributed by atoms with E-state index < -0.39 is 23.8 Å². The second-order valence-corrected chi connectivity index (χ2v) is 5.25. The molecule has 92 valence electrons. The third-order valence-corrected chi connectivity index (χ3v) is 3.82. The van der Waals surface area contributed by atoms with Crippen molar-refractivity contribution in [3.63, 3.8) is 0 Å². The molecule has 2 aliphatic heterocycles. The van der Waals surface area contributed by atoms with Gasteiger partial charge in [-0.05, 0) is 26.7 Å². The van der Waals surface area contributed by atoms with Crippen LogP contribution in [0.2, 0.25) is 0 Å². The summed E-state index contributed by atoms with van der Waals surface area (Å²) in [7, 11) is 1.58. The molecule has 0 radical (unpaired) electrons. The van der Waals surface area contributed by atoms with Crippen LogP contribution in [-0.4, -0.2) is 48.2 Å². The highest BCUT2D eigenvalue weighted by atomic mass is 16.8. The average molecular weight is 230 g/mol. The van der Waals surface area contributed by atoms with Gasteiger partial charge in [0.2, 0.25) is 0 Å². The first-order valence-electron chi connectivity index (χ1n) is 5.73. The average Bonchev–Trinajstić information content (AvgIpc) is 2.68. The number of ether oxygens (including phenoxy) is 4. The number of hydrogen-bond acceptors (Lipinski definition) is 5. The molecule has 3 fully saturated rings. The third kappa shape index (κ3) is 1.23. The Kier molecular flexibility index (Phi) is 2.17. The predicted molar refractivity (Wildman–Crippen MR) is 53.7 cm³/mol. The zero-order valence-electron chi connectivity index (χ0n) is 9.80. The van der Waals surface area contributed by atoms with Gasteiger partial charge in [-0.3, -0.25) is 0 Å². The van der Waals surface area contributed by atoms with Gasteiger partial charge < -0.3 is 24.1 Å². The van der Waals surface area contributed by atoms with Crippen LogP contribution in [0.15, 0.2) is 0 Å². The van der Waals surface area contributed by atoms with Crippen molar-refractivity contribution in [2.45, 2.75) is 62.7 Å². The van der Waals surface area contributed by atoms with Crippen molar-refractivity contribution < 1.29 is 24.1 Å². The number of hydrogen-bond donors (Lipinski definition) is 1. The molecule has 3 aliphatic rings. The maximum absolute atomic E-state index is 9.91. The van der Waals surface area contributed by atoms with Gasteiger partial charge in [-0.2, -0.15) is 0 Å². The number of rotatable bonds is 1. The molecule has 2 heterocycles. The second kappa shape index (κ2) is 3.17. The van der Waals surface area contributed by atoms with Crippen molar-refractivity contribution in [1.29, 1.82) is 0 Å². The first-order valence-corrected chi connectivity index (χ1v) is 5.73. The Hall–Kier alpha value is -0.200. The fraction of sp³-hybridized carbons (Fsp3) is 1.00. The molecule has 1 aliphatic carbocycles. The lowest BCUT2D eigenvalue weighted by Crippen LogP contribution is -2.59. The summed E-state index contributed by atoms with van der Waals surface area (Å²) in [5.41, 5.74) is -0.612. The monoisotopic (exact) mass is 230 g/mol. The normalized spacial score (nSPS) is 54.0. The Morgan fingerprint density at radius 2 is 2.00 bits per heavy atom. The molecule has 1 saturated carbocycles. The van der Waals surface area contributed by atoms with Gasteiger partial charge in [0.05, 0.1) is 6.10 Å². The van der Waals surface area contributed by atoms with Crippen LogP contribution in [0, 0.1) is 0 Å². The molecule has 5 nitrogen and oxygen atoms in total. The highest BCUT2D eigenvalue weighted by Crippen LogP contribution is 2.52. The van der Waals surface area contributed by atoms with Crippen LogP contribution in [0.5, 0.6) is 0 Å². The standard InChI is InChI=1S/C11H18O5/c1-10(2)14-7-8(15-10)11(5-4-6(11)12)16-9(7)13-3/h6-9,12H,4-5H2,1-3H3/t6-,7+,8?,9-,11-/m1/s1. The molecule has 2 saturated heterocycles.